The molecule has 1 N–H and O–H groups in total. The lowest BCUT2D eigenvalue weighted by atomic mass is 10.1. The quantitative estimate of drug-likeness (QED) is 0.690. The van der Waals surface area contributed by atoms with E-state index in [1.54, 1.807) is 0 Å². The number of hydrogen-bond donors (Lipinski definition) is 1. The van der Waals surface area contributed by atoms with Crippen molar-refractivity contribution in [2.24, 2.45) is 17.8 Å². The topological polar surface area (TPSA) is 46.5 Å². The van der Waals surface area contributed by atoms with Crippen LogP contribution < -0.4 is 0 Å². The SMILES string of the molecule is O=C(O)CCC1C2CCOCC21. The fraction of sp³-hybridized carbons (Fsp3) is 0.889. The van der Waals surface area contributed by atoms with Gasteiger partial charge in [-0.3, -0.25) is 4.79 Å². The maximum atomic E-state index is 10.3. The van der Waals surface area contributed by atoms with Crippen LogP contribution in [0.4, 0.5) is 0 Å². The molecule has 12 heavy (non-hydrogen) atoms. The van der Waals surface area contributed by atoms with Gasteiger partial charge >= 0.3 is 5.97 Å². The molecule has 0 spiro atoms. The van der Waals surface area contributed by atoms with Crippen molar-refractivity contribution >= 4 is 5.97 Å². The van der Waals surface area contributed by atoms with E-state index in [1.165, 1.54) is 0 Å². The summed E-state index contributed by atoms with van der Waals surface area (Å²) in [5, 5.41) is 8.49. The minimum Gasteiger partial charge on any atom is -0.481 e. The highest BCUT2D eigenvalue weighted by atomic mass is 16.5. The summed E-state index contributed by atoms with van der Waals surface area (Å²) in [6, 6.07) is 0. The van der Waals surface area contributed by atoms with Gasteiger partial charge in [0.25, 0.3) is 0 Å². The second-order valence-electron chi connectivity index (χ2n) is 3.79. The van der Waals surface area contributed by atoms with Gasteiger partial charge in [0.05, 0.1) is 0 Å². The van der Waals surface area contributed by atoms with E-state index < -0.39 is 5.97 Å². The number of aliphatic carboxylic acids is 1. The Bertz CT molecular complexity index is 178. The molecular weight excluding hydrogens is 156 g/mol. The van der Waals surface area contributed by atoms with E-state index >= 15 is 0 Å². The molecule has 0 aromatic heterocycles. The van der Waals surface area contributed by atoms with Crippen LogP contribution >= 0.6 is 0 Å². The molecule has 0 aromatic carbocycles. The van der Waals surface area contributed by atoms with Gasteiger partial charge in [0.1, 0.15) is 0 Å². The van der Waals surface area contributed by atoms with Crippen molar-refractivity contribution < 1.29 is 14.6 Å². The Labute approximate surface area is 71.7 Å². The van der Waals surface area contributed by atoms with Crippen LogP contribution in [0.15, 0.2) is 0 Å². The van der Waals surface area contributed by atoms with Gasteiger partial charge in [0.15, 0.2) is 0 Å². The first-order chi connectivity index (χ1) is 5.79. The van der Waals surface area contributed by atoms with E-state index in [0.717, 1.165) is 32.0 Å². The highest BCUT2D eigenvalue weighted by Gasteiger charge is 2.50. The third-order valence-electron chi connectivity index (χ3n) is 3.11. The van der Waals surface area contributed by atoms with Gasteiger partial charge in [0.2, 0.25) is 0 Å². The zero-order valence-electron chi connectivity index (χ0n) is 7.03. The molecule has 0 amide bonds. The molecule has 1 heterocycles. The maximum absolute atomic E-state index is 10.3. The summed E-state index contributed by atoms with van der Waals surface area (Å²) in [4.78, 5) is 10.3. The van der Waals surface area contributed by atoms with Crippen LogP contribution in [-0.2, 0) is 9.53 Å². The highest BCUT2D eigenvalue weighted by molar-refractivity contribution is 5.66. The predicted octanol–water partition coefficient (Wildman–Crippen LogP) is 1.13. The van der Waals surface area contributed by atoms with Crippen molar-refractivity contribution in [3.8, 4) is 0 Å². The molecule has 3 heteroatoms. The average molecular weight is 170 g/mol. The summed E-state index contributed by atoms with van der Waals surface area (Å²) in [6.07, 6.45) is 2.33. The molecule has 2 fully saturated rings. The lowest BCUT2D eigenvalue weighted by Gasteiger charge is -2.07. The van der Waals surface area contributed by atoms with Crippen molar-refractivity contribution in [3.63, 3.8) is 0 Å². The van der Waals surface area contributed by atoms with Crippen LogP contribution in [0.5, 0.6) is 0 Å². The molecular formula is C9H14O3. The van der Waals surface area contributed by atoms with Crippen LogP contribution in [0.1, 0.15) is 19.3 Å². The Kier molecular flexibility index (Phi) is 2.05. The van der Waals surface area contributed by atoms with E-state index in [1.807, 2.05) is 0 Å². The van der Waals surface area contributed by atoms with Crippen molar-refractivity contribution in [3.05, 3.63) is 0 Å². The summed E-state index contributed by atoms with van der Waals surface area (Å²) in [7, 11) is 0. The van der Waals surface area contributed by atoms with Crippen molar-refractivity contribution in [1.82, 2.24) is 0 Å². The Balaban J connectivity index is 1.74. The third kappa shape index (κ3) is 1.46. The lowest BCUT2D eigenvalue weighted by molar-refractivity contribution is -0.137. The van der Waals surface area contributed by atoms with E-state index in [-0.39, 0.29) is 0 Å². The number of fused-ring (bicyclic) bond motifs is 1. The number of ether oxygens (including phenoxy) is 1. The summed E-state index contributed by atoms with van der Waals surface area (Å²) < 4.78 is 5.31. The van der Waals surface area contributed by atoms with Gasteiger partial charge in [-0.15, -0.1) is 0 Å². The minimum atomic E-state index is -0.667. The second kappa shape index (κ2) is 3.05. The molecule has 0 bridgehead atoms. The van der Waals surface area contributed by atoms with Crippen LogP contribution in [0, 0.1) is 17.8 Å². The van der Waals surface area contributed by atoms with Gasteiger partial charge < -0.3 is 9.84 Å². The Morgan fingerprint density at radius 3 is 2.92 bits per heavy atom. The number of carboxylic acids is 1. The first kappa shape index (κ1) is 8.05. The summed E-state index contributed by atoms with van der Waals surface area (Å²) in [6.45, 7) is 1.75. The minimum absolute atomic E-state index is 0.331. The van der Waals surface area contributed by atoms with Crippen molar-refractivity contribution in [1.29, 1.82) is 0 Å². The molecule has 1 saturated heterocycles. The van der Waals surface area contributed by atoms with Gasteiger partial charge in [-0.1, -0.05) is 0 Å². The van der Waals surface area contributed by atoms with Crippen LogP contribution in [0.2, 0.25) is 0 Å². The molecule has 68 valence electrons. The Morgan fingerprint density at radius 1 is 1.50 bits per heavy atom. The molecule has 2 rings (SSSR count). The summed E-state index contributed by atoms with van der Waals surface area (Å²) in [5.41, 5.74) is 0. The standard InChI is InChI=1S/C9H14O3/c10-9(11)2-1-6-7-3-4-12-5-8(6)7/h6-8H,1-5H2,(H,10,11). The fourth-order valence-electron chi connectivity index (χ4n) is 2.36. The van der Waals surface area contributed by atoms with E-state index in [4.69, 9.17) is 9.84 Å². The predicted molar refractivity (Wildman–Crippen MR) is 42.8 cm³/mol. The van der Waals surface area contributed by atoms with Gasteiger partial charge in [0, 0.05) is 19.6 Å². The first-order valence-electron chi connectivity index (χ1n) is 4.58. The number of rotatable bonds is 3. The number of carbonyl (C=O) groups is 1. The average Bonchev–Trinajstić information content (AvgIpc) is 2.74. The largest absolute Gasteiger partial charge is 0.481 e. The van der Waals surface area contributed by atoms with Crippen LogP contribution in [-0.4, -0.2) is 24.3 Å². The van der Waals surface area contributed by atoms with E-state index in [2.05, 4.69) is 0 Å². The Morgan fingerprint density at radius 2 is 2.33 bits per heavy atom. The zero-order valence-corrected chi connectivity index (χ0v) is 7.03. The molecule has 0 radical (unpaired) electrons. The van der Waals surface area contributed by atoms with E-state index in [9.17, 15) is 4.79 Å². The molecule has 3 nitrogen and oxygen atoms in total. The molecule has 1 aliphatic heterocycles. The number of carboxylic acid groups (broad SMARTS) is 1. The fourth-order valence-corrected chi connectivity index (χ4v) is 2.36. The normalized spacial score (nSPS) is 38.8. The van der Waals surface area contributed by atoms with Gasteiger partial charge in [-0.25, -0.2) is 0 Å². The van der Waals surface area contributed by atoms with Crippen molar-refractivity contribution in [2.45, 2.75) is 19.3 Å². The smallest absolute Gasteiger partial charge is 0.303 e. The van der Waals surface area contributed by atoms with Gasteiger partial charge in [-0.2, -0.15) is 0 Å². The second-order valence-corrected chi connectivity index (χ2v) is 3.79. The molecule has 3 atom stereocenters. The van der Waals surface area contributed by atoms with Crippen LogP contribution in [0.25, 0.3) is 0 Å². The summed E-state index contributed by atoms with van der Waals surface area (Å²) >= 11 is 0. The molecule has 3 unspecified atom stereocenters. The maximum Gasteiger partial charge on any atom is 0.303 e. The zero-order chi connectivity index (χ0) is 8.55. The van der Waals surface area contributed by atoms with Gasteiger partial charge in [-0.05, 0) is 30.6 Å². The van der Waals surface area contributed by atoms with Crippen molar-refractivity contribution in [2.75, 3.05) is 13.2 Å². The third-order valence-corrected chi connectivity index (χ3v) is 3.11. The van der Waals surface area contributed by atoms with Crippen LogP contribution in [0.3, 0.4) is 0 Å². The summed E-state index contributed by atoms with van der Waals surface area (Å²) in [5.74, 6) is 1.47. The Hall–Kier alpha value is -0.570. The lowest BCUT2D eigenvalue weighted by Crippen LogP contribution is -2.06. The molecule has 1 aliphatic carbocycles. The molecule has 2 aliphatic rings. The van der Waals surface area contributed by atoms with E-state index in [0.29, 0.717) is 18.3 Å². The number of hydrogen-bond acceptors (Lipinski definition) is 2. The molecule has 1 saturated carbocycles. The monoisotopic (exact) mass is 170 g/mol. The molecule has 0 aromatic rings. The first-order valence-corrected chi connectivity index (χ1v) is 4.58. The highest BCUT2D eigenvalue weighted by Crippen LogP contribution is 2.53.